The van der Waals surface area contributed by atoms with Crippen LogP contribution < -0.4 is 15.5 Å². The van der Waals surface area contributed by atoms with Crippen molar-refractivity contribution in [3.05, 3.63) is 34.9 Å². The quantitative estimate of drug-likeness (QED) is 0.509. The third-order valence-corrected chi connectivity index (χ3v) is 6.99. The molecule has 0 saturated carbocycles. The molecule has 9 heteroatoms. The Morgan fingerprint density at radius 3 is 2.88 bits per heavy atom. The zero-order chi connectivity index (χ0) is 22.9. The summed E-state index contributed by atoms with van der Waals surface area (Å²) in [6.07, 6.45) is 6.11. The number of nitrogens with zero attached hydrogens (tertiary/aromatic N) is 6. The molecule has 1 saturated heterocycles. The predicted molar refractivity (Wildman–Crippen MR) is 128 cm³/mol. The average Bonchev–Trinajstić information content (AvgIpc) is 3.28. The second-order valence-electron chi connectivity index (χ2n) is 9.40. The van der Waals surface area contributed by atoms with Gasteiger partial charge < -0.3 is 15.5 Å². The molecule has 1 fully saturated rings. The van der Waals surface area contributed by atoms with Crippen molar-refractivity contribution in [1.29, 1.82) is 0 Å². The topological polar surface area (TPSA) is 92.9 Å². The summed E-state index contributed by atoms with van der Waals surface area (Å²) >= 11 is 0. The molecule has 33 heavy (non-hydrogen) atoms. The van der Waals surface area contributed by atoms with Crippen molar-refractivity contribution < 1.29 is 4.79 Å². The summed E-state index contributed by atoms with van der Waals surface area (Å²) in [5.41, 5.74) is 7.02. The molecule has 2 aliphatic heterocycles. The first-order valence-corrected chi connectivity index (χ1v) is 12.1. The molecular formula is C24H34N8O. The van der Waals surface area contributed by atoms with E-state index in [1.54, 1.807) is 0 Å². The summed E-state index contributed by atoms with van der Waals surface area (Å²) in [6, 6.07) is 2.18. The molecular weight excluding hydrogens is 416 g/mol. The van der Waals surface area contributed by atoms with Gasteiger partial charge >= 0.3 is 0 Å². The first-order chi connectivity index (χ1) is 16.0. The fourth-order valence-electron chi connectivity index (χ4n) is 4.93. The Morgan fingerprint density at radius 2 is 2.09 bits per heavy atom. The van der Waals surface area contributed by atoms with Crippen molar-refractivity contribution in [2.75, 3.05) is 31.1 Å². The number of carbonyl (C=O) groups is 1. The molecule has 0 unspecified atom stereocenters. The van der Waals surface area contributed by atoms with Crippen LogP contribution in [0.5, 0.6) is 0 Å². The van der Waals surface area contributed by atoms with Gasteiger partial charge in [0.15, 0.2) is 5.65 Å². The number of carbonyl (C=O) groups excluding carboxylic acids is 1. The van der Waals surface area contributed by atoms with Gasteiger partial charge in [0.05, 0.1) is 28.9 Å². The van der Waals surface area contributed by atoms with Crippen molar-refractivity contribution in [2.24, 2.45) is 13.0 Å². The number of pyridine rings is 1. The summed E-state index contributed by atoms with van der Waals surface area (Å²) in [6.45, 7) is 9.37. The molecule has 3 aromatic rings. The van der Waals surface area contributed by atoms with E-state index in [-0.39, 0.29) is 11.8 Å². The Labute approximate surface area is 194 Å². The second kappa shape index (κ2) is 9.13. The SMILES string of the molecule is Cc1cc(N2CCc3c(c(C)nn3CCCCCNC(=O)C3CNC3)C2)c2cnn(C)c2n1. The van der Waals surface area contributed by atoms with Gasteiger partial charge in [0.25, 0.3) is 0 Å². The van der Waals surface area contributed by atoms with E-state index in [1.165, 1.54) is 16.9 Å². The number of anilines is 1. The maximum atomic E-state index is 11.9. The molecule has 2 aliphatic rings. The smallest absolute Gasteiger partial charge is 0.225 e. The molecule has 0 bridgehead atoms. The normalized spacial score (nSPS) is 16.2. The lowest BCUT2D eigenvalue weighted by Crippen LogP contribution is -2.50. The lowest BCUT2D eigenvalue weighted by molar-refractivity contribution is -0.126. The fourth-order valence-corrected chi connectivity index (χ4v) is 4.93. The Kier molecular flexibility index (Phi) is 6.05. The Morgan fingerprint density at radius 1 is 1.24 bits per heavy atom. The molecule has 0 aliphatic carbocycles. The highest BCUT2D eigenvalue weighted by Crippen LogP contribution is 2.32. The van der Waals surface area contributed by atoms with Crippen LogP contribution in [0.25, 0.3) is 11.0 Å². The number of hydrogen-bond acceptors (Lipinski definition) is 6. The van der Waals surface area contributed by atoms with E-state index in [0.717, 1.165) is 87.4 Å². The average molecular weight is 451 g/mol. The van der Waals surface area contributed by atoms with Gasteiger partial charge in [-0.25, -0.2) is 4.98 Å². The van der Waals surface area contributed by atoms with Crippen LogP contribution >= 0.6 is 0 Å². The number of nitrogens with one attached hydrogen (secondary N) is 2. The van der Waals surface area contributed by atoms with Crippen LogP contribution in [0.2, 0.25) is 0 Å². The number of hydrogen-bond donors (Lipinski definition) is 2. The number of rotatable bonds is 8. The van der Waals surface area contributed by atoms with Gasteiger partial charge in [0.1, 0.15) is 0 Å². The summed E-state index contributed by atoms with van der Waals surface area (Å²) in [5, 5.41) is 16.6. The second-order valence-corrected chi connectivity index (χ2v) is 9.40. The van der Waals surface area contributed by atoms with Crippen molar-refractivity contribution in [1.82, 2.24) is 35.2 Å². The van der Waals surface area contributed by atoms with Crippen LogP contribution in [0, 0.1) is 19.8 Å². The van der Waals surface area contributed by atoms with E-state index in [2.05, 4.69) is 43.3 Å². The molecule has 0 aromatic carbocycles. The monoisotopic (exact) mass is 450 g/mol. The number of aromatic nitrogens is 5. The zero-order valence-corrected chi connectivity index (χ0v) is 19.9. The van der Waals surface area contributed by atoms with Gasteiger partial charge in [-0.15, -0.1) is 0 Å². The predicted octanol–water partition coefficient (Wildman–Crippen LogP) is 1.85. The molecule has 2 N–H and O–H groups in total. The van der Waals surface area contributed by atoms with Crippen LogP contribution in [0.1, 0.15) is 41.9 Å². The highest BCUT2D eigenvalue weighted by atomic mass is 16.2. The third-order valence-electron chi connectivity index (χ3n) is 6.99. The van der Waals surface area contributed by atoms with Crippen molar-refractivity contribution in [3.63, 3.8) is 0 Å². The summed E-state index contributed by atoms with van der Waals surface area (Å²) < 4.78 is 4.07. The molecule has 0 radical (unpaired) electrons. The summed E-state index contributed by atoms with van der Waals surface area (Å²) in [4.78, 5) is 19.0. The lowest BCUT2D eigenvalue weighted by Gasteiger charge is -2.30. The van der Waals surface area contributed by atoms with E-state index in [0.29, 0.717) is 0 Å². The van der Waals surface area contributed by atoms with E-state index in [1.807, 2.05) is 24.9 Å². The third kappa shape index (κ3) is 4.34. The van der Waals surface area contributed by atoms with Crippen molar-refractivity contribution >= 4 is 22.6 Å². The molecule has 0 spiro atoms. The Balaban J connectivity index is 1.19. The summed E-state index contributed by atoms with van der Waals surface area (Å²) in [5.74, 6) is 0.372. The van der Waals surface area contributed by atoms with Crippen LogP contribution in [0.3, 0.4) is 0 Å². The zero-order valence-electron chi connectivity index (χ0n) is 19.9. The minimum atomic E-state index is 0.174. The van der Waals surface area contributed by atoms with Crippen LogP contribution in [-0.4, -0.2) is 56.6 Å². The number of aryl methyl sites for hydroxylation is 4. The van der Waals surface area contributed by atoms with Gasteiger partial charge in [0, 0.05) is 69.7 Å². The maximum Gasteiger partial charge on any atom is 0.225 e. The molecule has 5 rings (SSSR count). The van der Waals surface area contributed by atoms with Crippen LogP contribution in [0.15, 0.2) is 12.3 Å². The van der Waals surface area contributed by atoms with Gasteiger partial charge in [-0.2, -0.15) is 10.2 Å². The van der Waals surface area contributed by atoms with E-state index in [9.17, 15) is 4.79 Å². The number of unbranched alkanes of at least 4 members (excludes halogenated alkanes) is 2. The molecule has 9 nitrogen and oxygen atoms in total. The Bertz CT molecular complexity index is 1160. The van der Waals surface area contributed by atoms with Crippen LogP contribution in [0.4, 0.5) is 5.69 Å². The first kappa shape index (κ1) is 21.9. The molecule has 3 aromatic heterocycles. The van der Waals surface area contributed by atoms with Crippen molar-refractivity contribution in [2.45, 2.75) is 52.6 Å². The molecule has 1 amide bonds. The fraction of sp³-hybridized carbons (Fsp3) is 0.583. The number of amides is 1. The van der Waals surface area contributed by atoms with E-state index >= 15 is 0 Å². The first-order valence-electron chi connectivity index (χ1n) is 12.1. The standard InChI is InChI=1S/C24H34N8O/c1-16-11-22(19-14-27-30(3)23(19)28-16)31-10-7-21-20(15-31)17(2)29-32(21)9-6-4-5-8-26-24(33)18-12-25-13-18/h11,14,18,25H,4-10,12-13,15H2,1-3H3,(H,26,33). The van der Waals surface area contributed by atoms with E-state index < -0.39 is 0 Å². The highest BCUT2D eigenvalue weighted by Gasteiger charge is 2.26. The lowest BCUT2D eigenvalue weighted by atomic mass is 10.0. The Hall–Kier alpha value is -2.94. The van der Waals surface area contributed by atoms with Gasteiger partial charge in [0.2, 0.25) is 5.91 Å². The minimum Gasteiger partial charge on any atom is -0.366 e. The van der Waals surface area contributed by atoms with Gasteiger partial charge in [-0.3, -0.25) is 14.2 Å². The highest BCUT2D eigenvalue weighted by molar-refractivity contribution is 5.89. The largest absolute Gasteiger partial charge is 0.366 e. The van der Waals surface area contributed by atoms with Gasteiger partial charge in [-0.05, 0) is 39.2 Å². The number of fused-ring (bicyclic) bond motifs is 2. The molecule has 176 valence electrons. The summed E-state index contributed by atoms with van der Waals surface area (Å²) in [7, 11) is 1.95. The van der Waals surface area contributed by atoms with Crippen molar-refractivity contribution in [3.8, 4) is 0 Å². The van der Waals surface area contributed by atoms with E-state index in [4.69, 9.17) is 5.10 Å². The minimum absolute atomic E-state index is 0.174. The molecule has 0 atom stereocenters. The molecule has 5 heterocycles. The maximum absolute atomic E-state index is 11.9. The van der Waals surface area contributed by atoms with Gasteiger partial charge in [-0.1, -0.05) is 0 Å². The van der Waals surface area contributed by atoms with Crippen LogP contribution in [-0.2, 0) is 31.4 Å².